The first kappa shape index (κ1) is 16.0. The van der Waals surface area contributed by atoms with Crippen molar-refractivity contribution in [1.82, 2.24) is 4.98 Å². The van der Waals surface area contributed by atoms with E-state index in [9.17, 15) is 0 Å². The molecule has 1 heterocycles. The van der Waals surface area contributed by atoms with Crippen LogP contribution in [0.25, 0.3) is 0 Å². The molecule has 0 atom stereocenters. The lowest BCUT2D eigenvalue weighted by Crippen LogP contribution is -2.17. The van der Waals surface area contributed by atoms with Crippen LogP contribution in [0.15, 0.2) is 30.5 Å². The number of hydrogen-bond acceptors (Lipinski definition) is 3. The number of nitrogens with zero attached hydrogens (tertiary/aromatic N) is 1. The molecular formula is C15H15Cl2N3S. The van der Waals surface area contributed by atoms with Crippen molar-refractivity contribution in [3.8, 4) is 0 Å². The van der Waals surface area contributed by atoms with Crippen molar-refractivity contribution in [2.45, 2.75) is 13.3 Å². The van der Waals surface area contributed by atoms with E-state index < -0.39 is 0 Å². The Bertz CT molecular complexity index is 674. The predicted octanol–water partition coefficient (Wildman–Crippen LogP) is 3.99. The van der Waals surface area contributed by atoms with Gasteiger partial charge in [-0.1, -0.05) is 41.5 Å². The van der Waals surface area contributed by atoms with Gasteiger partial charge in [0.2, 0.25) is 0 Å². The number of anilines is 1. The van der Waals surface area contributed by atoms with E-state index in [1.807, 2.05) is 25.1 Å². The third-order valence-electron chi connectivity index (χ3n) is 3.11. The zero-order chi connectivity index (χ0) is 15.4. The van der Waals surface area contributed by atoms with Crippen molar-refractivity contribution in [3.63, 3.8) is 0 Å². The normalized spacial score (nSPS) is 10.4. The van der Waals surface area contributed by atoms with Crippen LogP contribution in [0.5, 0.6) is 0 Å². The molecular weight excluding hydrogens is 325 g/mol. The van der Waals surface area contributed by atoms with Crippen molar-refractivity contribution in [3.05, 3.63) is 57.2 Å². The molecule has 110 valence electrons. The Balaban J connectivity index is 2.07. The summed E-state index contributed by atoms with van der Waals surface area (Å²) in [5, 5.41) is 4.55. The van der Waals surface area contributed by atoms with Crippen LogP contribution in [0.2, 0.25) is 10.0 Å². The minimum atomic E-state index is 0.340. The van der Waals surface area contributed by atoms with Crippen LogP contribution in [-0.4, -0.2) is 16.5 Å². The Hall–Kier alpha value is -1.36. The molecule has 0 aliphatic heterocycles. The van der Waals surface area contributed by atoms with Gasteiger partial charge in [-0.15, -0.1) is 0 Å². The number of benzene rings is 1. The van der Waals surface area contributed by atoms with E-state index in [-0.39, 0.29) is 0 Å². The average Bonchev–Trinajstić information content (AvgIpc) is 2.41. The Morgan fingerprint density at radius 3 is 2.76 bits per heavy atom. The van der Waals surface area contributed by atoms with Crippen LogP contribution < -0.4 is 11.1 Å². The van der Waals surface area contributed by atoms with Gasteiger partial charge >= 0.3 is 0 Å². The van der Waals surface area contributed by atoms with Crippen LogP contribution in [0.1, 0.15) is 16.7 Å². The van der Waals surface area contributed by atoms with E-state index in [2.05, 4.69) is 10.3 Å². The molecule has 3 N–H and O–H groups in total. The summed E-state index contributed by atoms with van der Waals surface area (Å²) in [4.78, 5) is 4.64. The fourth-order valence-electron chi connectivity index (χ4n) is 2.04. The van der Waals surface area contributed by atoms with Crippen molar-refractivity contribution in [2.24, 2.45) is 5.73 Å². The van der Waals surface area contributed by atoms with Gasteiger partial charge < -0.3 is 11.1 Å². The summed E-state index contributed by atoms with van der Waals surface area (Å²) in [5.41, 5.74) is 8.57. The summed E-state index contributed by atoms with van der Waals surface area (Å²) in [6.45, 7) is 2.63. The van der Waals surface area contributed by atoms with Crippen LogP contribution in [0.4, 0.5) is 5.82 Å². The lowest BCUT2D eigenvalue weighted by atomic mass is 10.1. The number of rotatable bonds is 5. The summed E-state index contributed by atoms with van der Waals surface area (Å²) in [6.07, 6.45) is 2.48. The smallest absolute Gasteiger partial charge is 0.136 e. The first-order chi connectivity index (χ1) is 9.99. The highest BCUT2D eigenvalue weighted by atomic mass is 35.5. The zero-order valence-electron chi connectivity index (χ0n) is 11.5. The standard InChI is InChI=1S/C15H15Cl2N3S/c1-9-4-6-19-15(13(9)14(18)21)20-7-5-10-2-3-11(16)8-12(10)17/h2-4,6,8H,5,7H2,1H3,(H2,18,21)(H,19,20). The topological polar surface area (TPSA) is 50.9 Å². The van der Waals surface area contributed by atoms with E-state index in [0.29, 0.717) is 27.4 Å². The minimum Gasteiger partial charge on any atom is -0.389 e. The number of pyridine rings is 1. The molecule has 2 aromatic rings. The summed E-state index contributed by atoms with van der Waals surface area (Å²) >= 11 is 17.1. The maximum Gasteiger partial charge on any atom is 0.136 e. The SMILES string of the molecule is Cc1ccnc(NCCc2ccc(Cl)cc2Cl)c1C(N)=S. The molecule has 3 nitrogen and oxygen atoms in total. The van der Waals surface area contributed by atoms with Gasteiger partial charge in [0.15, 0.2) is 0 Å². The predicted molar refractivity (Wildman–Crippen MR) is 93.5 cm³/mol. The maximum absolute atomic E-state index is 6.15. The summed E-state index contributed by atoms with van der Waals surface area (Å²) in [7, 11) is 0. The Morgan fingerprint density at radius 1 is 1.33 bits per heavy atom. The van der Waals surface area contributed by atoms with E-state index in [4.69, 9.17) is 41.2 Å². The van der Waals surface area contributed by atoms with E-state index in [1.165, 1.54) is 0 Å². The van der Waals surface area contributed by atoms with Crippen molar-refractivity contribution in [2.75, 3.05) is 11.9 Å². The number of nitrogens with one attached hydrogen (secondary N) is 1. The molecule has 0 bridgehead atoms. The molecule has 1 aromatic heterocycles. The largest absolute Gasteiger partial charge is 0.389 e. The molecule has 2 rings (SSSR count). The van der Waals surface area contributed by atoms with Gasteiger partial charge in [-0.25, -0.2) is 4.98 Å². The maximum atomic E-state index is 6.15. The highest BCUT2D eigenvalue weighted by molar-refractivity contribution is 7.80. The molecule has 0 amide bonds. The molecule has 0 spiro atoms. The third-order valence-corrected chi connectivity index (χ3v) is 3.90. The van der Waals surface area contributed by atoms with Gasteiger partial charge in [-0.05, 0) is 42.7 Å². The van der Waals surface area contributed by atoms with Crippen molar-refractivity contribution < 1.29 is 0 Å². The number of nitrogens with two attached hydrogens (primary N) is 1. The number of halogens is 2. The van der Waals surface area contributed by atoms with E-state index in [0.717, 1.165) is 23.1 Å². The second-order valence-electron chi connectivity index (χ2n) is 4.63. The summed E-state index contributed by atoms with van der Waals surface area (Å²) in [5.74, 6) is 0.701. The lowest BCUT2D eigenvalue weighted by Gasteiger charge is -2.12. The molecule has 0 aliphatic carbocycles. The minimum absolute atomic E-state index is 0.340. The second-order valence-corrected chi connectivity index (χ2v) is 5.91. The Labute approximate surface area is 139 Å². The first-order valence-corrected chi connectivity index (χ1v) is 7.58. The van der Waals surface area contributed by atoms with Gasteiger partial charge in [0.25, 0.3) is 0 Å². The van der Waals surface area contributed by atoms with Gasteiger partial charge in [0.1, 0.15) is 10.8 Å². The molecule has 0 unspecified atom stereocenters. The van der Waals surface area contributed by atoms with Crippen molar-refractivity contribution in [1.29, 1.82) is 0 Å². The quantitative estimate of drug-likeness (QED) is 0.808. The number of hydrogen-bond donors (Lipinski definition) is 2. The molecule has 6 heteroatoms. The fourth-order valence-corrected chi connectivity index (χ4v) is 2.80. The highest BCUT2D eigenvalue weighted by Crippen LogP contribution is 2.22. The molecule has 0 radical (unpaired) electrons. The Kier molecular flexibility index (Phi) is 5.39. The molecule has 0 fully saturated rings. The first-order valence-electron chi connectivity index (χ1n) is 6.42. The highest BCUT2D eigenvalue weighted by Gasteiger charge is 2.09. The zero-order valence-corrected chi connectivity index (χ0v) is 13.8. The number of aromatic nitrogens is 1. The van der Waals surface area contributed by atoms with Gasteiger partial charge in [0.05, 0.1) is 5.56 Å². The summed E-state index contributed by atoms with van der Waals surface area (Å²) in [6, 6.07) is 7.37. The molecule has 0 saturated carbocycles. The summed E-state index contributed by atoms with van der Waals surface area (Å²) < 4.78 is 0. The monoisotopic (exact) mass is 339 g/mol. The molecule has 0 aliphatic rings. The van der Waals surface area contributed by atoms with E-state index >= 15 is 0 Å². The van der Waals surface area contributed by atoms with Crippen LogP contribution >= 0.6 is 35.4 Å². The van der Waals surface area contributed by atoms with Crippen LogP contribution in [0, 0.1) is 6.92 Å². The fraction of sp³-hybridized carbons (Fsp3) is 0.200. The second kappa shape index (κ2) is 7.07. The Morgan fingerprint density at radius 2 is 2.10 bits per heavy atom. The van der Waals surface area contributed by atoms with Gasteiger partial charge in [-0.3, -0.25) is 0 Å². The third kappa shape index (κ3) is 4.06. The molecule has 21 heavy (non-hydrogen) atoms. The number of aryl methyl sites for hydroxylation is 1. The van der Waals surface area contributed by atoms with Crippen LogP contribution in [-0.2, 0) is 6.42 Å². The van der Waals surface area contributed by atoms with E-state index in [1.54, 1.807) is 12.3 Å². The molecule has 1 aromatic carbocycles. The van der Waals surface area contributed by atoms with Crippen molar-refractivity contribution >= 4 is 46.2 Å². The average molecular weight is 340 g/mol. The molecule has 0 saturated heterocycles. The number of thiocarbonyl (C=S) groups is 1. The van der Waals surface area contributed by atoms with Gasteiger partial charge in [0, 0.05) is 22.8 Å². The lowest BCUT2D eigenvalue weighted by molar-refractivity contribution is 1.00. The van der Waals surface area contributed by atoms with Crippen LogP contribution in [0.3, 0.4) is 0 Å². The van der Waals surface area contributed by atoms with Gasteiger partial charge in [-0.2, -0.15) is 0 Å².